The van der Waals surface area contributed by atoms with Crippen molar-refractivity contribution in [2.75, 3.05) is 10.3 Å². The second kappa shape index (κ2) is 13.6. The summed E-state index contributed by atoms with van der Waals surface area (Å²) in [6.07, 6.45) is -2.59. The van der Waals surface area contributed by atoms with E-state index in [4.69, 9.17) is 23.2 Å². The van der Waals surface area contributed by atoms with Gasteiger partial charge in [-0.05, 0) is 71.5 Å². The zero-order chi connectivity index (χ0) is 41.7. The molecular formula is C42H28Cl2F3N5O7. The molecule has 1 aromatic heterocycles. The molecule has 12 nitrogen and oxygen atoms in total. The number of nitro benzene ring substituents is 1. The van der Waals surface area contributed by atoms with Gasteiger partial charge in [0.25, 0.3) is 17.5 Å². The third kappa shape index (κ3) is 5.69. The Morgan fingerprint density at radius 2 is 1.61 bits per heavy atom. The average Bonchev–Trinajstić information content (AvgIpc) is 3.59. The summed E-state index contributed by atoms with van der Waals surface area (Å²) in [4.78, 5) is 74.9. The van der Waals surface area contributed by atoms with Gasteiger partial charge in [0.15, 0.2) is 5.82 Å². The number of halogens is 5. The first kappa shape index (κ1) is 38.2. The van der Waals surface area contributed by atoms with Crippen LogP contribution in [0.1, 0.15) is 35.4 Å². The number of anilines is 2. The maximum absolute atomic E-state index is 15.5. The third-order valence-corrected chi connectivity index (χ3v) is 12.7. The van der Waals surface area contributed by atoms with Gasteiger partial charge in [0.2, 0.25) is 11.8 Å². The maximum atomic E-state index is 15.5. The highest BCUT2D eigenvalue weighted by atomic mass is 35.5. The SMILES string of the molecule is O=C1[C@@H]2C[C@@H]3C(=CC[C@@H]4C(=O)N(c5ccc([N+](=O)[O-])cc5)C(=O)[C@@H]43)[C@H](c3c(O)ccc4ccccc34)[C@]2(c2ccc(Cl)cc2)C(=O)N1Nc1ncc(C(F)(F)F)cc1Cl. The standard InChI is InChI=1S/C42H28Cl2F3N5O7/c43-23-8-6-21(7-9-23)41-30(38(55)51(40(41)57)49-36-31(44)17-22(19-48-36)42(45,46)47)18-29-27(35(41)34-26-4-2-1-3-20(26)5-16-32(34)53)14-15-28-33(29)39(56)50(37(28)54)24-10-12-25(13-11-24)52(58)59/h1-14,16-17,19,28-30,33,35,53H,15,18H2,(H,48,49)/t28-,29+,30-,33-,35+,41+/m0/s1. The molecule has 2 N–H and O–H groups in total. The van der Waals surface area contributed by atoms with Gasteiger partial charge < -0.3 is 5.11 Å². The summed E-state index contributed by atoms with van der Waals surface area (Å²) in [7, 11) is 0. The monoisotopic (exact) mass is 841 g/mol. The van der Waals surface area contributed by atoms with Crippen molar-refractivity contribution in [2.24, 2.45) is 23.7 Å². The molecule has 1 saturated carbocycles. The minimum absolute atomic E-state index is 0.0448. The van der Waals surface area contributed by atoms with Crippen LogP contribution in [0.4, 0.5) is 30.4 Å². The summed E-state index contributed by atoms with van der Waals surface area (Å²) in [6.45, 7) is 0. The van der Waals surface area contributed by atoms with Crippen LogP contribution in [0.3, 0.4) is 0 Å². The molecule has 0 radical (unpaired) electrons. The van der Waals surface area contributed by atoms with E-state index in [1.54, 1.807) is 54.6 Å². The first-order valence-corrected chi connectivity index (χ1v) is 19.0. The molecule has 4 amide bonds. The van der Waals surface area contributed by atoms with Crippen molar-refractivity contribution in [3.8, 4) is 5.75 Å². The van der Waals surface area contributed by atoms with E-state index < -0.39 is 86.1 Å². The van der Waals surface area contributed by atoms with Crippen molar-refractivity contribution in [1.29, 1.82) is 0 Å². The Bertz CT molecular complexity index is 2690. The fourth-order valence-corrected chi connectivity index (χ4v) is 10.00. The number of carbonyl (C=O) groups excluding carboxylic acids is 4. The van der Waals surface area contributed by atoms with Crippen LogP contribution in [0.5, 0.6) is 5.75 Å². The number of nitro groups is 1. The molecule has 0 bridgehead atoms. The molecule has 6 atom stereocenters. The Kier molecular flexibility index (Phi) is 8.83. The van der Waals surface area contributed by atoms with Gasteiger partial charge in [-0.15, -0.1) is 0 Å². The number of carbonyl (C=O) groups is 4. The van der Waals surface area contributed by atoms with Crippen molar-refractivity contribution in [1.82, 2.24) is 9.99 Å². The number of hydrazine groups is 1. The number of rotatable bonds is 6. The van der Waals surface area contributed by atoms with E-state index in [0.717, 1.165) is 4.90 Å². The summed E-state index contributed by atoms with van der Waals surface area (Å²) in [5.41, 5.74) is 0.551. The molecule has 4 aromatic carbocycles. The highest BCUT2D eigenvalue weighted by molar-refractivity contribution is 6.33. The van der Waals surface area contributed by atoms with Crippen molar-refractivity contribution >= 4 is 74.8 Å². The summed E-state index contributed by atoms with van der Waals surface area (Å²) in [5.74, 6) is -8.71. The van der Waals surface area contributed by atoms with Gasteiger partial charge in [-0.25, -0.2) is 4.98 Å². The van der Waals surface area contributed by atoms with E-state index in [1.807, 2.05) is 6.07 Å². The van der Waals surface area contributed by atoms with Gasteiger partial charge in [-0.3, -0.25) is 39.6 Å². The predicted octanol–water partition coefficient (Wildman–Crippen LogP) is 8.36. The van der Waals surface area contributed by atoms with E-state index in [9.17, 15) is 38.0 Å². The number of amides is 4. The number of imide groups is 2. The largest absolute Gasteiger partial charge is 0.508 e. The number of phenolic OH excluding ortho intramolecular Hbond substituents is 1. The number of pyridine rings is 1. The van der Waals surface area contributed by atoms with Crippen LogP contribution in [-0.2, 0) is 30.8 Å². The summed E-state index contributed by atoms with van der Waals surface area (Å²) in [6, 6.07) is 22.2. The predicted molar refractivity (Wildman–Crippen MR) is 208 cm³/mol. The van der Waals surface area contributed by atoms with Crippen molar-refractivity contribution in [3.63, 3.8) is 0 Å². The third-order valence-electron chi connectivity index (χ3n) is 12.1. The molecule has 3 heterocycles. The number of phenols is 1. The van der Waals surface area contributed by atoms with Gasteiger partial charge in [0, 0.05) is 34.8 Å². The van der Waals surface area contributed by atoms with E-state index in [-0.39, 0.29) is 35.5 Å². The number of aromatic nitrogens is 1. The molecule has 4 aliphatic rings. The lowest BCUT2D eigenvalue weighted by atomic mass is 9.48. The van der Waals surface area contributed by atoms with Crippen LogP contribution in [0.15, 0.2) is 109 Å². The van der Waals surface area contributed by atoms with Crippen molar-refractivity contribution < 1.29 is 42.4 Å². The Labute approximate surface area is 342 Å². The van der Waals surface area contributed by atoms with Gasteiger partial charge >= 0.3 is 6.18 Å². The van der Waals surface area contributed by atoms with Crippen LogP contribution in [0, 0.1) is 33.8 Å². The highest BCUT2D eigenvalue weighted by Gasteiger charge is 2.71. The minimum atomic E-state index is -4.79. The van der Waals surface area contributed by atoms with Crippen molar-refractivity contribution in [3.05, 3.63) is 146 Å². The van der Waals surface area contributed by atoms with Crippen molar-refractivity contribution in [2.45, 2.75) is 30.4 Å². The number of nitrogens with one attached hydrogen (secondary N) is 1. The number of hydrogen-bond donors (Lipinski definition) is 2. The fourth-order valence-electron chi connectivity index (χ4n) is 9.66. The Morgan fingerprint density at radius 1 is 0.898 bits per heavy atom. The molecule has 9 rings (SSSR count). The molecule has 298 valence electrons. The second-order valence-electron chi connectivity index (χ2n) is 14.9. The zero-order valence-electron chi connectivity index (χ0n) is 30.2. The average molecular weight is 843 g/mol. The molecule has 0 unspecified atom stereocenters. The number of alkyl halides is 3. The van der Waals surface area contributed by atoms with E-state index in [1.165, 1.54) is 30.3 Å². The Morgan fingerprint density at radius 3 is 2.29 bits per heavy atom. The topological polar surface area (TPSA) is 163 Å². The number of allylic oxidation sites excluding steroid dienone is 2. The molecule has 2 aliphatic carbocycles. The normalized spacial score (nSPS) is 25.2. The number of nitrogens with zero attached hydrogens (tertiary/aromatic N) is 4. The fraction of sp³-hybridized carbons (Fsp3) is 0.214. The first-order chi connectivity index (χ1) is 28.1. The first-order valence-electron chi connectivity index (χ1n) is 18.3. The van der Waals surface area contributed by atoms with Gasteiger partial charge in [-0.1, -0.05) is 77.3 Å². The van der Waals surface area contributed by atoms with E-state index in [0.29, 0.717) is 44.2 Å². The summed E-state index contributed by atoms with van der Waals surface area (Å²) < 4.78 is 40.7. The van der Waals surface area contributed by atoms with E-state index >= 15 is 9.59 Å². The second-order valence-corrected chi connectivity index (χ2v) is 15.8. The van der Waals surface area contributed by atoms with Crippen LogP contribution in [0.2, 0.25) is 10.0 Å². The lowest BCUT2D eigenvalue weighted by molar-refractivity contribution is -0.384. The molecule has 17 heteroatoms. The molecule has 3 fully saturated rings. The number of non-ortho nitro benzene ring substituents is 1. The quantitative estimate of drug-likeness (QED) is 0.0740. The van der Waals surface area contributed by atoms with Gasteiger partial charge in [-0.2, -0.15) is 18.2 Å². The number of benzene rings is 4. The molecule has 2 saturated heterocycles. The molecule has 5 aromatic rings. The lowest BCUT2D eigenvalue weighted by Crippen LogP contribution is -2.53. The molecule has 59 heavy (non-hydrogen) atoms. The Balaban J connectivity index is 1.25. The minimum Gasteiger partial charge on any atom is -0.508 e. The van der Waals surface area contributed by atoms with Crippen LogP contribution < -0.4 is 10.3 Å². The maximum Gasteiger partial charge on any atom is 0.417 e. The lowest BCUT2D eigenvalue weighted by Gasteiger charge is -2.51. The smallest absolute Gasteiger partial charge is 0.417 e. The van der Waals surface area contributed by atoms with Crippen LogP contribution >= 0.6 is 23.2 Å². The highest BCUT2D eigenvalue weighted by Crippen LogP contribution is 2.65. The number of aromatic hydroxyl groups is 1. The number of fused-ring (bicyclic) bond motifs is 5. The van der Waals surface area contributed by atoms with Gasteiger partial charge in [0.1, 0.15) is 5.75 Å². The number of hydrogen-bond acceptors (Lipinski definition) is 9. The van der Waals surface area contributed by atoms with E-state index in [2.05, 4.69) is 10.4 Å². The zero-order valence-corrected chi connectivity index (χ0v) is 31.7. The van der Waals surface area contributed by atoms with Crippen LogP contribution in [0.25, 0.3) is 10.8 Å². The van der Waals surface area contributed by atoms with Crippen LogP contribution in [-0.4, -0.2) is 43.7 Å². The summed E-state index contributed by atoms with van der Waals surface area (Å²) >= 11 is 12.6. The molecule has 2 aliphatic heterocycles. The Hall–Kier alpha value is -6.32. The molecular weight excluding hydrogens is 814 g/mol. The van der Waals surface area contributed by atoms with Gasteiger partial charge in [0.05, 0.1) is 44.4 Å². The summed E-state index contributed by atoms with van der Waals surface area (Å²) in [5, 5.41) is 25.0. The molecule has 0 spiro atoms.